The maximum atomic E-state index is 5.88. The highest BCUT2D eigenvalue weighted by Crippen LogP contribution is 2.28. The topological polar surface area (TPSA) is 30.5 Å². The van der Waals surface area contributed by atoms with Crippen molar-refractivity contribution in [3.8, 4) is 11.5 Å². The molecule has 1 N–H and O–H groups in total. The lowest BCUT2D eigenvalue weighted by Gasteiger charge is -2.13. The number of benzene rings is 1. The minimum Gasteiger partial charge on any atom is -0.493 e. The maximum absolute atomic E-state index is 5.88. The van der Waals surface area contributed by atoms with Crippen LogP contribution in [0.15, 0.2) is 30.9 Å². The average molecular weight is 291 g/mol. The maximum Gasteiger partial charge on any atom is 0.161 e. The second-order valence-corrected chi connectivity index (χ2v) is 5.51. The van der Waals surface area contributed by atoms with Gasteiger partial charge in [0, 0.05) is 12.6 Å². The molecule has 0 fully saturated rings. The number of methoxy groups -OCH3 is 1. The Morgan fingerprint density at radius 1 is 1.19 bits per heavy atom. The van der Waals surface area contributed by atoms with Gasteiger partial charge in [0.15, 0.2) is 11.5 Å². The van der Waals surface area contributed by atoms with Gasteiger partial charge in [-0.15, -0.1) is 6.58 Å². The molecule has 3 heteroatoms. The van der Waals surface area contributed by atoms with Gasteiger partial charge in [-0.2, -0.15) is 0 Å². The summed E-state index contributed by atoms with van der Waals surface area (Å²) < 4.78 is 11.2. The molecule has 0 aliphatic rings. The molecule has 0 saturated carbocycles. The van der Waals surface area contributed by atoms with Gasteiger partial charge in [0.2, 0.25) is 0 Å². The molecule has 1 rings (SSSR count). The smallest absolute Gasteiger partial charge is 0.161 e. The summed E-state index contributed by atoms with van der Waals surface area (Å²) in [4.78, 5) is 0. The van der Waals surface area contributed by atoms with Crippen LogP contribution in [0.1, 0.15) is 45.1 Å². The van der Waals surface area contributed by atoms with Crippen LogP contribution >= 0.6 is 0 Å². The van der Waals surface area contributed by atoms with Crippen LogP contribution in [0.2, 0.25) is 0 Å². The Labute approximate surface area is 129 Å². The van der Waals surface area contributed by atoms with E-state index >= 15 is 0 Å². The Balaban J connectivity index is 2.49. The highest BCUT2D eigenvalue weighted by Gasteiger charge is 2.06. The largest absolute Gasteiger partial charge is 0.493 e. The molecule has 1 aromatic carbocycles. The summed E-state index contributed by atoms with van der Waals surface area (Å²) in [6.45, 7) is 9.60. The highest BCUT2D eigenvalue weighted by molar-refractivity contribution is 5.42. The van der Waals surface area contributed by atoms with Gasteiger partial charge in [-0.3, -0.25) is 0 Å². The van der Waals surface area contributed by atoms with Crippen LogP contribution in [0.3, 0.4) is 0 Å². The normalized spacial score (nSPS) is 10.7. The van der Waals surface area contributed by atoms with Crippen molar-refractivity contribution in [2.45, 2.75) is 52.1 Å². The van der Waals surface area contributed by atoms with E-state index in [2.05, 4.69) is 37.9 Å². The van der Waals surface area contributed by atoms with Gasteiger partial charge in [0.25, 0.3) is 0 Å². The molecule has 3 nitrogen and oxygen atoms in total. The number of hydrogen-bond acceptors (Lipinski definition) is 3. The zero-order valence-corrected chi connectivity index (χ0v) is 13.7. The third-order valence-electron chi connectivity index (χ3n) is 3.25. The zero-order chi connectivity index (χ0) is 15.5. The lowest BCUT2D eigenvalue weighted by atomic mass is 10.2. The van der Waals surface area contributed by atoms with E-state index < -0.39 is 0 Å². The number of nitrogens with one attached hydrogen (secondary N) is 1. The van der Waals surface area contributed by atoms with Gasteiger partial charge < -0.3 is 14.8 Å². The monoisotopic (exact) mass is 291 g/mol. The second kappa shape index (κ2) is 10.3. The molecule has 0 heterocycles. The average Bonchev–Trinajstić information content (AvgIpc) is 2.48. The van der Waals surface area contributed by atoms with Gasteiger partial charge in [-0.25, -0.2) is 0 Å². The van der Waals surface area contributed by atoms with Crippen LogP contribution in [0.4, 0.5) is 0 Å². The molecule has 0 aromatic heterocycles. The van der Waals surface area contributed by atoms with E-state index in [0.717, 1.165) is 37.5 Å². The van der Waals surface area contributed by atoms with Crippen molar-refractivity contribution < 1.29 is 9.47 Å². The molecule has 118 valence electrons. The summed E-state index contributed by atoms with van der Waals surface area (Å²) in [5.74, 6) is 1.64. The van der Waals surface area contributed by atoms with E-state index in [-0.39, 0.29) is 0 Å². The lowest BCUT2D eigenvalue weighted by molar-refractivity contribution is 0.285. The summed E-state index contributed by atoms with van der Waals surface area (Å²) >= 11 is 0. The number of ether oxygens (including phenoxy) is 2. The summed E-state index contributed by atoms with van der Waals surface area (Å²) in [5, 5.41) is 3.41. The number of rotatable bonds is 11. The summed E-state index contributed by atoms with van der Waals surface area (Å²) in [5.41, 5.74) is 1.21. The molecule has 0 saturated heterocycles. The number of allylic oxidation sites excluding steroid dienone is 1. The van der Waals surface area contributed by atoms with Gasteiger partial charge in [-0.1, -0.05) is 26.0 Å². The molecule has 0 aliphatic carbocycles. The molecule has 0 amide bonds. The predicted molar refractivity (Wildman–Crippen MR) is 89.1 cm³/mol. The van der Waals surface area contributed by atoms with Gasteiger partial charge in [0.05, 0.1) is 13.7 Å². The summed E-state index contributed by atoms with van der Waals surface area (Å²) in [6, 6.07) is 6.59. The molecular weight excluding hydrogens is 262 g/mol. The molecule has 0 atom stereocenters. The van der Waals surface area contributed by atoms with Crippen molar-refractivity contribution in [1.82, 2.24) is 5.32 Å². The SMILES string of the molecule is C=CCCCCCOc1cc(CNC(C)C)ccc1OC. The lowest BCUT2D eigenvalue weighted by Crippen LogP contribution is -2.21. The van der Waals surface area contributed by atoms with Crippen molar-refractivity contribution >= 4 is 0 Å². The molecule has 0 unspecified atom stereocenters. The van der Waals surface area contributed by atoms with Gasteiger partial charge in [-0.05, 0) is 43.4 Å². The number of hydrogen-bond donors (Lipinski definition) is 1. The molecular formula is C18H29NO2. The first-order chi connectivity index (χ1) is 10.2. The highest BCUT2D eigenvalue weighted by atomic mass is 16.5. The zero-order valence-electron chi connectivity index (χ0n) is 13.7. The van der Waals surface area contributed by atoms with Crippen LogP contribution in [0.5, 0.6) is 11.5 Å². The van der Waals surface area contributed by atoms with Crippen molar-refractivity contribution in [1.29, 1.82) is 0 Å². The fraction of sp³-hybridized carbons (Fsp3) is 0.556. The van der Waals surface area contributed by atoms with E-state index in [1.54, 1.807) is 7.11 Å². The van der Waals surface area contributed by atoms with Crippen LogP contribution in [0.25, 0.3) is 0 Å². The van der Waals surface area contributed by atoms with E-state index in [0.29, 0.717) is 6.04 Å². The van der Waals surface area contributed by atoms with Gasteiger partial charge >= 0.3 is 0 Å². The number of unbranched alkanes of at least 4 members (excludes halogenated alkanes) is 3. The molecule has 21 heavy (non-hydrogen) atoms. The minimum absolute atomic E-state index is 0.473. The van der Waals surface area contributed by atoms with E-state index in [9.17, 15) is 0 Å². The van der Waals surface area contributed by atoms with E-state index in [1.165, 1.54) is 18.4 Å². The summed E-state index contributed by atoms with van der Waals surface area (Å²) in [7, 11) is 1.68. The van der Waals surface area contributed by atoms with Gasteiger partial charge in [0.1, 0.15) is 0 Å². The fourth-order valence-corrected chi connectivity index (χ4v) is 2.02. The van der Waals surface area contributed by atoms with Crippen LogP contribution < -0.4 is 14.8 Å². The molecule has 0 spiro atoms. The van der Waals surface area contributed by atoms with E-state index in [1.807, 2.05) is 12.1 Å². The van der Waals surface area contributed by atoms with Crippen molar-refractivity contribution in [3.05, 3.63) is 36.4 Å². The first-order valence-corrected chi connectivity index (χ1v) is 7.81. The molecule has 1 aromatic rings. The Bertz CT molecular complexity index is 416. The first kappa shape index (κ1) is 17.6. The predicted octanol–water partition coefficient (Wildman–Crippen LogP) is 4.32. The van der Waals surface area contributed by atoms with Crippen molar-refractivity contribution in [2.75, 3.05) is 13.7 Å². The molecule has 0 bridgehead atoms. The minimum atomic E-state index is 0.473. The third-order valence-corrected chi connectivity index (χ3v) is 3.25. The van der Waals surface area contributed by atoms with Crippen LogP contribution in [-0.2, 0) is 6.54 Å². The van der Waals surface area contributed by atoms with Crippen LogP contribution in [-0.4, -0.2) is 19.8 Å². The Kier molecular flexibility index (Phi) is 8.60. The van der Waals surface area contributed by atoms with Crippen molar-refractivity contribution in [3.63, 3.8) is 0 Å². The quantitative estimate of drug-likeness (QED) is 0.486. The summed E-state index contributed by atoms with van der Waals surface area (Å²) in [6.07, 6.45) is 6.46. The molecule has 0 aliphatic heterocycles. The van der Waals surface area contributed by atoms with Crippen LogP contribution in [0, 0.1) is 0 Å². The Morgan fingerprint density at radius 3 is 2.67 bits per heavy atom. The standard InChI is InChI=1S/C18H29NO2/c1-5-6-7-8-9-12-21-18-13-16(14-19-15(2)3)10-11-17(18)20-4/h5,10-11,13,15,19H,1,6-9,12,14H2,2-4H3. The molecule has 0 radical (unpaired) electrons. The first-order valence-electron chi connectivity index (χ1n) is 7.81. The third kappa shape index (κ3) is 7.19. The Hall–Kier alpha value is -1.48. The second-order valence-electron chi connectivity index (χ2n) is 5.51. The Morgan fingerprint density at radius 2 is 2.00 bits per heavy atom. The van der Waals surface area contributed by atoms with E-state index in [4.69, 9.17) is 9.47 Å². The fourth-order valence-electron chi connectivity index (χ4n) is 2.02. The van der Waals surface area contributed by atoms with Crippen molar-refractivity contribution in [2.24, 2.45) is 0 Å².